The Morgan fingerprint density at radius 1 is 1.12 bits per heavy atom. The van der Waals surface area contributed by atoms with Gasteiger partial charge in [0.05, 0.1) is 9.92 Å². The molecule has 0 fully saturated rings. The third-order valence-electron chi connectivity index (χ3n) is 4.69. The molecular weight excluding hydrogens is 494 g/mol. The summed E-state index contributed by atoms with van der Waals surface area (Å²) in [5.74, 6) is -1.70. The molecule has 0 saturated carbocycles. The van der Waals surface area contributed by atoms with Crippen LogP contribution in [0.2, 0.25) is 10.0 Å². The molecule has 0 aliphatic heterocycles. The lowest BCUT2D eigenvalue weighted by molar-refractivity contribution is -0.139. The predicted octanol–water partition coefficient (Wildman–Crippen LogP) is 4.67. The van der Waals surface area contributed by atoms with Crippen molar-refractivity contribution in [2.24, 2.45) is 0 Å². The van der Waals surface area contributed by atoms with E-state index in [4.69, 9.17) is 38.8 Å². The summed E-state index contributed by atoms with van der Waals surface area (Å²) in [4.78, 5) is 10.8. The highest BCUT2D eigenvalue weighted by molar-refractivity contribution is 7.89. The van der Waals surface area contributed by atoms with Gasteiger partial charge in [-0.05, 0) is 53.6 Å². The van der Waals surface area contributed by atoms with E-state index in [1.807, 2.05) is 0 Å². The second kappa shape index (κ2) is 9.96. The molecule has 0 saturated heterocycles. The van der Waals surface area contributed by atoms with Crippen LogP contribution in [0.5, 0.6) is 5.75 Å². The molecule has 3 aromatic carbocycles. The maximum Gasteiger partial charge on any atom is 0.341 e. The number of nitrogens with two attached hydrogens (primary N) is 1. The number of ether oxygens (including phenoxy) is 1. The monoisotopic (exact) mass is 512 g/mol. The van der Waals surface area contributed by atoms with Crippen LogP contribution in [-0.2, 0) is 21.4 Å². The standard InChI is InChI=1S/C22H19Cl2FN2O5S/c1-27(33(30,31)16-5-6-20(25)19(24)9-16)11-14-8-17(13-3-2-4-15(26)7-13)21(10-18(14)23)32-12-22(28)29/h2-10H,11-12,26H2,1H3,(H,28,29). The van der Waals surface area contributed by atoms with Crippen molar-refractivity contribution in [1.82, 2.24) is 4.31 Å². The van der Waals surface area contributed by atoms with Crippen LogP contribution in [-0.4, -0.2) is 37.5 Å². The zero-order valence-electron chi connectivity index (χ0n) is 17.3. The fraction of sp³-hybridized carbons (Fsp3) is 0.136. The van der Waals surface area contributed by atoms with E-state index in [-0.39, 0.29) is 27.2 Å². The fourth-order valence-corrected chi connectivity index (χ4v) is 4.69. The van der Waals surface area contributed by atoms with Gasteiger partial charge in [-0.2, -0.15) is 4.31 Å². The van der Waals surface area contributed by atoms with Gasteiger partial charge in [-0.3, -0.25) is 0 Å². The molecule has 174 valence electrons. The zero-order valence-corrected chi connectivity index (χ0v) is 19.6. The molecule has 0 aliphatic carbocycles. The SMILES string of the molecule is CN(Cc1cc(-c2cccc(N)c2)c(OCC(=O)O)cc1Cl)S(=O)(=O)c1ccc(F)c(Cl)c1. The van der Waals surface area contributed by atoms with Crippen molar-refractivity contribution in [3.05, 3.63) is 76.0 Å². The van der Waals surface area contributed by atoms with Crippen LogP contribution in [0.25, 0.3) is 11.1 Å². The Balaban J connectivity index is 2.01. The highest BCUT2D eigenvalue weighted by Crippen LogP contribution is 2.37. The number of carboxylic acid groups (broad SMARTS) is 1. The Morgan fingerprint density at radius 2 is 1.85 bits per heavy atom. The van der Waals surface area contributed by atoms with E-state index in [2.05, 4.69) is 0 Å². The van der Waals surface area contributed by atoms with Gasteiger partial charge in [0.1, 0.15) is 11.6 Å². The van der Waals surface area contributed by atoms with Gasteiger partial charge in [0, 0.05) is 29.9 Å². The van der Waals surface area contributed by atoms with Crippen molar-refractivity contribution in [2.75, 3.05) is 19.4 Å². The van der Waals surface area contributed by atoms with Crippen molar-refractivity contribution >= 4 is 44.9 Å². The summed E-state index contributed by atoms with van der Waals surface area (Å²) in [6, 6.07) is 13.0. The number of rotatable bonds is 8. The van der Waals surface area contributed by atoms with Gasteiger partial charge in [0.25, 0.3) is 0 Å². The minimum absolute atomic E-state index is 0.134. The van der Waals surface area contributed by atoms with Crippen LogP contribution in [0.1, 0.15) is 5.56 Å². The van der Waals surface area contributed by atoms with Crippen LogP contribution < -0.4 is 10.5 Å². The van der Waals surface area contributed by atoms with Gasteiger partial charge in [0.15, 0.2) is 6.61 Å². The first-order valence-corrected chi connectivity index (χ1v) is 11.6. The summed E-state index contributed by atoms with van der Waals surface area (Å²) in [6.45, 7) is -0.727. The second-order valence-electron chi connectivity index (χ2n) is 7.08. The quantitative estimate of drug-likeness (QED) is 0.424. The summed E-state index contributed by atoms with van der Waals surface area (Å²) in [5, 5.41) is 8.83. The number of hydrogen-bond donors (Lipinski definition) is 2. The molecular formula is C22H19Cl2FN2O5S. The number of benzene rings is 3. The molecule has 0 heterocycles. The zero-order chi connectivity index (χ0) is 24.3. The molecule has 33 heavy (non-hydrogen) atoms. The van der Waals surface area contributed by atoms with E-state index in [1.54, 1.807) is 30.3 Å². The average molecular weight is 513 g/mol. The molecule has 11 heteroatoms. The van der Waals surface area contributed by atoms with Crippen molar-refractivity contribution in [1.29, 1.82) is 0 Å². The van der Waals surface area contributed by atoms with Crippen LogP contribution >= 0.6 is 23.2 Å². The van der Waals surface area contributed by atoms with Crippen molar-refractivity contribution < 1.29 is 27.4 Å². The summed E-state index contributed by atoms with van der Waals surface area (Å²) < 4.78 is 45.8. The Kier molecular flexibility index (Phi) is 7.48. The van der Waals surface area contributed by atoms with Gasteiger partial charge >= 0.3 is 5.97 Å². The Bertz CT molecular complexity index is 1320. The third-order valence-corrected chi connectivity index (χ3v) is 7.13. The first kappa shape index (κ1) is 24.8. The third kappa shape index (κ3) is 5.75. The maximum atomic E-state index is 13.5. The number of carbonyl (C=O) groups is 1. The van der Waals surface area contributed by atoms with Gasteiger partial charge in [-0.15, -0.1) is 0 Å². The van der Waals surface area contributed by atoms with Crippen LogP contribution in [0.3, 0.4) is 0 Å². The van der Waals surface area contributed by atoms with Crippen molar-refractivity contribution in [2.45, 2.75) is 11.4 Å². The second-order valence-corrected chi connectivity index (χ2v) is 9.94. The average Bonchev–Trinajstić information content (AvgIpc) is 2.75. The molecule has 0 atom stereocenters. The fourth-order valence-electron chi connectivity index (χ4n) is 3.05. The maximum absolute atomic E-state index is 13.5. The van der Waals surface area contributed by atoms with Crippen LogP contribution in [0.4, 0.5) is 10.1 Å². The van der Waals surface area contributed by atoms with E-state index < -0.39 is 28.4 Å². The first-order valence-electron chi connectivity index (χ1n) is 9.43. The number of halogens is 3. The van der Waals surface area contributed by atoms with E-state index in [0.717, 1.165) is 22.5 Å². The van der Waals surface area contributed by atoms with E-state index >= 15 is 0 Å². The summed E-state index contributed by atoms with van der Waals surface area (Å²) >= 11 is 12.1. The van der Waals surface area contributed by atoms with Crippen molar-refractivity contribution in [3.8, 4) is 16.9 Å². The number of nitrogens with zero attached hydrogens (tertiary/aromatic N) is 1. The molecule has 7 nitrogen and oxygen atoms in total. The molecule has 3 N–H and O–H groups in total. The van der Waals surface area contributed by atoms with Gasteiger partial charge in [-0.1, -0.05) is 35.3 Å². The number of anilines is 1. The van der Waals surface area contributed by atoms with Gasteiger partial charge in [-0.25, -0.2) is 17.6 Å². The van der Waals surface area contributed by atoms with Gasteiger partial charge < -0.3 is 15.6 Å². The minimum atomic E-state index is -4.01. The lowest BCUT2D eigenvalue weighted by Gasteiger charge is -2.20. The molecule has 3 rings (SSSR count). The predicted molar refractivity (Wildman–Crippen MR) is 124 cm³/mol. The first-order chi connectivity index (χ1) is 15.5. The van der Waals surface area contributed by atoms with E-state index in [1.165, 1.54) is 13.1 Å². The van der Waals surface area contributed by atoms with Crippen molar-refractivity contribution in [3.63, 3.8) is 0 Å². The van der Waals surface area contributed by atoms with Gasteiger partial charge in [0.2, 0.25) is 10.0 Å². The topological polar surface area (TPSA) is 110 Å². The highest BCUT2D eigenvalue weighted by atomic mass is 35.5. The largest absolute Gasteiger partial charge is 0.481 e. The lowest BCUT2D eigenvalue weighted by Crippen LogP contribution is -2.26. The number of sulfonamides is 1. The Labute approximate surface area is 200 Å². The molecule has 3 aromatic rings. The summed E-state index contributed by atoms with van der Waals surface area (Å²) in [7, 11) is -2.67. The van der Waals surface area contributed by atoms with Crippen LogP contribution in [0, 0.1) is 5.82 Å². The van der Waals surface area contributed by atoms with Crippen LogP contribution in [0.15, 0.2) is 59.5 Å². The van der Waals surface area contributed by atoms with E-state index in [0.29, 0.717) is 22.4 Å². The summed E-state index contributed by atoms with van der Waals surface area (Å²) in [6.07, 6.45) is 0. The molecule has 0 unspecified atom stereocenters. The molecule has 0 aromatic heterocycles. The molecule has 0 aliphatic rings. The molecule has 0 radical (unpaired) electrons. The Hall–Kier alpha value is -2.85. The number of hydrogen-bond acceptors (Lipinski definition) is 5. The smallest absolute Gasteiger partial charge is 0.341 e. The molecule has 0 amide bonds. The number of nitrogen functional groups attached to an aromatic ring is 1. The Morgan fingerprint density at radius 3 is 2.48 bits per heavy atom. The molecule has 0 bridgehead atoms. The number of carboxylic acids is 1. The molecule has 0 spiro atoms. The normalized spacial score (nSPS) is 11.5. The highest BCUT2D eigenvalue weighted by Gasteiger charge is 2.24. The van der Waals surface area contributed by atoms with E-state index in [9.17, 15) is 17.6 Å². The lowest BCUT2D eigenvalue weighted by atomic mass is 10.0. The minimum Gasteiger partial charge on any atom is -0.481 e. The number of aliphatic carboxylic acids is 1. The summed E-state index contributed by atoms with van der Waals surface area (Å²) in [5.41, 5.74) is 7.89.